The molecule has 3 rings (SSSR count). The Morgan fingerprint density at radius 2 is 2.17 bits per heavy atom. The number of carbonyl (C=O) groups is 1. The van der Waals surface area contributed by atoms with Gasteiger partial charge in [-0.15, -0.1) is 0 Å². The summed E-state index contributed by atoms with van der Waals surface area (Å²) < 4.78 is 45.7. The molecule has 0 unspecified atom stereocenters. The molecule has 0 fully saturated rings. The summed E-state index contributed by atoms with van der Waals surface area (Å²) in [6, 6.07) is 3.19. The lowest BCUT2D eigenvalue weighted by Gasteiger charge is -2.30. The molecule has 1 aliphatic rings. The van der Waals surface area contributed by atoms with Crippen molar-refractivity contribution in [2.24, 2.45) is 7.05 Å². The quantitative estimate of drug-likeness (QED) is 0.864. The molecule has 0 atom stereocenters. The van der Waals surface area contributed by atoms with Crippen molar-refractivity contribution in [3.8, 4) is 5.75 Å². The van der Waals surface area contributed by atoms with Gasteiger partial charge in [0.05, 0.1) is 24.0 Å². The largest absolute Gasteiger partial charge is 0.490 e. The van der Waals surface area contributed by atoms with Crippen molar-refractivity contribution in [1.82, 2.24) is 9.78 Å². The summed E-state index contributed by atoms with van der Waals surface area (Å²) in [4.78, 5) is 13.8. The minimum Gasteiger partial charge on any atom is -0.490 e. The molecule has 1 aliphatic heterocycles. The van der Waals surface area contributed by atoms with Crippen LogP contribution in [-0.2, 0) is 24.4 Å². The smallest absolute Gasteiger partial charge is 0.416 e. The molecule has 128 valence electrons. The molecule has 1 amide bonds. The normalized spacial score (nSPS) is 14.2. The number of ether oxygens (including phenoxy) is 1. The van der Waals surface area contributed by atoms with Crippen molar-refractivity contribution >= 4 is 11.6 Å². The number of anilines is 1. The zero-order valence-corrected chi connectivity index (χ0v) is 13.0. The van der Waals surface area contributed by atoms with Crippen molar-refractivity contribution in [3.05, 3.63) is 41.7 Å². The molecule has 2 heterocycles. The number of aryl methyl sites for hydroxylation is 2. The lowest BCUT2D eigenvalue weighted by molar-refractivity contribution is -0.137. The van der Waals surface area contributed by atoms with E-state index in [1.165, 1.54) is 11.0 Å². The summed E-state index contributed by atoms with van der Waals surface area (Å²) >= 11 is 0. The fourth-order valence-electron chi connectivity index (χ4n) is 2.64. The van der Waals surface area contributed by atoms with E-state index < -0.39 is 11.7 Å². The highest BCUT2D eigenvalue weighted by Gasteiger charge is 2.33. The van der Waals surface area contributed by atoms with Gasteiger partial charge in [0.15, 0.2) is 0 Å². The first-order valence-electron chi connectivity index (χ1n) is 7.46. The van der Waals surface area contributed by atoms with E-state index >= 15 is 0 Å². The summed E-state index contributed by atoms with van der Waals surface area (Å²) in [6.45, 7) is 0.497. The Morgan fingerprint density at radius 3 is 2.83 bits per heavy atom. The first kappa shape index (κ1) is 16.4. The molecule has 0 bridgehead atoms. The highest BCUT2D eigenvalue weighted by atomic mass is 19.4. The predicted octanol–water partition coefficient (Wildman–Crippen LogP) is 2.80. The van der Waals surface area contributed by atoms with Gasteiger partial charge in [-0.05, 0) is 30.2 Å². The Labute approximate surface area is 136 Å². The van der Waals surface area contributed by atoms with Crippen molar-refractivity contribution in [2.75, 3.05) is 18.1 Å². The molecule has 0 saturated heterocycles. The lowest BCUT2D eigenvalue weighted by Crippen LogP contribution is -2.38. The van der Waals surface area contributed by atoms with Crippen LogP contribution in [0.3, 0.4) is 0 Å². The third kappa shape index (κ3) is 3.37. The van der Waals surface area contributed by atoms with E-state index in [1.54, 1.807) is 17.9 Å². The highest BCUT2D eigenvalue weighted by Crippen LogP contribution is 2.38. The van der Waals surface area contributed by atoms with Gasteiger partial charge >= 0.3 is 6.18 Å². The minimum atomic E-state index is -4.46. The number of alkyl halides is 3. The first-order valence-corrected chi connectivity index (χ1v) is 7.46. The van der Waals surface area contributed by atoms with Crippen molar-refractivity contribution in [1.29, 1.82) is 0 Å². The Hall–Kier alpha value is -2.51. The van der Waals surface area contributed by atoms with E-state index in [9.17, 15) is 18.0 Å². The third-order valence-corrected chi connectivity index (χ3v) is 3.84. The van der Waals surface area contributed by atoms with E-state index in [-0.39, 0.29) is 31.2 Å². The number of hydrogen-bond donors (Lipinski definition) is 0. The maximum absolute atomic E-state index is 12.9. The Bertz CT molecular complexity index is 755. The fraction of sp³-hybridized carbons (Fsp3) is 0.375. The average Bonchev–Trinajstić information content (AvgIpc) is 2.96. The van der Waals surface area contributed by atoms with Gasteiger partial charge in [0.1, 0.15) is 12.4 Å². The van der Waals surface area contributed by atoms with Crippen molar-refractivity contribution < 1.29 is 22.7 Å². The monoisotopic (exact) mass is 339 g/mol. The SMILES string of the molecule is Cn1cc(CCC(=O)N2CCOc3ccc(C(F)(F)F)cc32)cn1. The highest BCUT2D eigenvalue weighted by molar-refractivity contribution is 5.95. The van der Waals surface area contributed by atoms with E-state index in [0.29, 0.717) is 12.2 Å². The van der Waals surface area contributed by atoms with E-state index in [2.05, 4.69) is 5.10 Å². The summed E-state index contributed by atoms with van der Waals surface area (Å²) in [5, 5.41) is 4.03. The third-order valence-electron chi connectivity index (χ3n) is 3.84. The number of hydrogen-bond acceptors (Lipinski definition) is 3. The molecular weight excluding hydrogens is 323 g/mol. The minimum absolute atomic E-state index is 0.173. The topological polar surface area (TPSA) is 47.4 Å². The predicted molar refractivity (Wildman–Crippen MR) is 80.8 cm³/mol. The van der Waals surface area contributed by atoms with Gasteiger partial charge in [0.25, 0.3) is 0 Å². The number of nitrogens with zero attached hydrogens (tertiary/aromatic N) is 3. The van der Waals surface area contributed by atoms with Crippen molar-refractivity contribution in [3.63, 3.8) is 0 Å². The summed E-state index contributed by atoms with van der Waals surface area (Å²) in [6.07, 6.45) is -0.304. The number of rotatable bonds is 3. The zero-order valence-electron chi connectivity index (χ0n) is 13.0. The Morgan fingerprint density at radius 1 is 1.38 bits per heavy atom. The molecule has 5 nitrogen and oxygen atoms in total. The fourth-order valence-corrected chi connectivity index (χ4v) is 2.64. The second-order valence-electron chi connectivity index (χ2n) is 5.60. The maximum Gasteiger partial charge on any atom is 0.416 e. The number of carbonyl (C=O) groups excluding carboxylic acids is 1. The number of amides is 1. The van der Waals surface area contributed by atoms with Crippen LogP contribution in [0.25, 0.3) is 0 Å². The van der Waals surface area contributed by atoms with Crippen LogP contribution in [0.5, 0.6) is 5.75 Å². The van der Waals surface area contributed by atoms with Crippen LogP contribution in [0.2, 0.25) is 0 Å². The molecule has 8 heteroatoms. The van der Waals surface area contributed by atoms with Crippen LogP contribution in [0, 0.1) is 0 Å². The van der Waals surface area contributed by atoms with Crippen LogP contribution in [0.1, 0.15) is 17.5 Å². The molecule has 1 aromatic heterocycles. The lowest BCUT2D eigenvalue weighted by atomic mass is 10.1. The number of benzene rings is 1. The van der Waals surface area contributed by atoms with Crippen LogP contribution in [0.15, 0.2) is 30.6 Å². The van der Waals surface area contributed by atoms with Crippen LogP contribution in [-0.4, -0.2) is 28.8 Å². The molecule has 2 aromatic rings. The van der Waals surface area contributed by atoms with Crippen molar-refractivity contribution in [2.45, 2.75) is 19.0 Å². The van der Waals surface area contributed by atoms with Gasteiger partial charge in [-0.2, -0.15) is 18.3 Å². The number of halogens is 3. The van der Waals surface area contributed by atoms with Gasteiger partial charge in [-0.3, -0.25) is 9.48 Å². The van der Waals surface area contributed by atoms with Gasteiger partial charge in [0.2, 0.25) is 5.91 Å². The van der Waals surface area contributed by atoms with Gasteiger partial charge in [0, 0.05) is 19.7 Å². The molecule has 0 aliphatic carbocycles. The molecular formula is C16H16F3N3O2. The summed E-state index contributed by atoms with van der Waals surface area (Å²) in [5.41, 5.74) is 0.285. The summed E-state index contributed by atoms with van der Waals surface area (Å²) in [5.74, 6) is 0.0618. The van der Waals surface area contributed by atoms with Crippen LogP contribution < -0.4 is 9.64 Å². The van der Waals surface area contributed by atoms with Gasteiger partial charge < -0.3 is 9.64 Å². The second kappa shape index (κ2) is 6.18. The van der Waals surface area contributed by atoms with Gasteiger partial charge in [-0.1, -0.05) is 0 Å². The van der Waals surface area contributed by atoms with Gasteiger partial charge in [-0.25, -0.2) is 0 Å². The second-order valence-corrected chi connectivity index (χ2v) is 5.60. The van der Waals surface area contributed by atoms with E-state index in [4.69, 9.17) is 4.74 Å². The number of fused-ring (bicyclic) bond motifs is 1. The molecule has 1 aromatic carbocycles. The zero-order chi connectivity index (χ0) is 17.3. The molecule has 0 N–H and O–H groups in total. The Balaban J connectivity index is 1.78. The summed E-state index contributed by atoms with van der Waals surface area (Å²) in [7, 11) is 1.78. The number of aromatic nitrogens is 2. The average molecular weight is 339 g/mol. The molecule has 0 radical (unpaired) electrons. The molecule has 0 saturated carbocycles. The standard InChI is InChI=1S/C16H16F3N3O2/c1-21-10-11(9-20-21)2-5-15(23)22-6-7-24-14-4-3-12(8-13(14)22)16(17,18)19/h3-4,8-10H,2,5-7H2,1H3. The van der Waals surface area contributed by atoms with Crippen LogP contribution >= 0.6 is 0 Å². The maximum atomic E-state index is 12.9. The molecule has 0 spiro atoms. The molecule has 24 heavy (non-hydrogen) atoms. The van der Waals surface area contributed by atoms with Crippen LogP contribution in [0.4, 0.5) is 18.9 Å². The Kier molecular flexibility index (Phi) is 4.21. The van der Waals surface area contributed by atoms with E-state index in [1.807, 2.05) is 6.20 Å². The first-order chi connectivity index (χ1) is 11.3. The van der Waals surface area contributed by atoms with E-state index in [0.717, 1.165) is 17.7 Å².